The van der Waals surface area contributed by atoms with Crippen molar-refractivity contribution in [2.24, 2.45) is 4.99 Å². The van der Waals surface area contributed by atoms with Crippen LogP contribution in [0.15, 0.2) is 29.3 Å². The summed E-state index contributed by atoms with van der Waals surface area (Å²) in [7, 11) is 1.67. The Kier molecular flexibility index (Phi) is 10.4. The fourth-order valence-electron chi connectivity index (χ4n) is 1.97. The average molecular weight is 448 g/mol. The van der Waals surface area contributed by atoms with E-state index in [2.05, 4.69) is 20.9 Å². The lowest BCUT2D eigenvalue weighted by Crippen LogP contribution is -2.48. The lowest BCUT2D eigenvalue weighted by Gasteiger charge is -2.21. The van der Waals surface area contributed by atoms with Gasteiger partial charge in [0.1, 0.15) is 5.75 Å². The Bertz CT molecular complexity index is 542. The number of carbonyl (C=O) groups excluding carboxylic acids is 1. The topological polar surface area (TPSA) is 74.8 Å². The van der Waals surface area contributed by atoms with Gasteiger partial charge in [0.05, 0.1) is 13.2 Å². The number of hydrogen-bond donors (Lipinski definition) is 3. The minimum absolute atomic E-state index is 0. The molecule has 1 aromatic carbocycles. The molecule has 0 unspecified atom stereocenters. The maximum absolute atomic E-state index is 11.8. The summed E-state index contributed by atoms with van der Waals surface area (Å²) in [6, 6.07) is 7.84. The molecule has 1 amide bonds. The van der Waals surface area contributed by atoms with E-state index in [0.29, 0.717) is 19.1 Å². The molecule has 0 aliphatic carbocycles. The van der Waals surface area contributed by atoms with Crippen molar-refractivity contribution in [3.05, 3.63) is 29.8 Å². The zero-order chi connectivity index (χ0) is 17.3. The van der Waals surface area contributed by atoms with Crippen molar-refractivity contribution in [3.8, 4) is 5.75 Å². The molecule has 0 radical (unpaired) electrons. The number of nitrogens with one attached hydrogen (secondary N) is 3. The molecule has 24 heavy (non-hydrogen) atoms. The van der Waals surface area contributed by atoms with Crippen LogP contribution in [0.1, 0.15) is 33.3 Å². The highest BCUT2D eigenvalue weighted by Crippen LogP contribution is 2.17. The lowest BCUT2D eigenvalue weighted by molar-refractivity contribution is -0.121. The summed E-state index contributed by atoms with van der Waals surface area (Å²) in [5.74, 6) is 1.35. The van der Waals surface area contributed by atoms with Gasteiger partial charge in [-0.15, -0.1) is 24.0 Å². The predicted octanol–water partition coefficient (Wildman–Crippen LogP) is 2.28. The van der Waals surface area contributed by atoms with Gasteiger partial charge < -0.3 is 20.7 Å². The van der Waals surface area contributed by atoms with Gasteiger partial charge in [0, 0.05) is 24.7 Å². The second-order valence-electron chi connectivity index (χ2n) is 6.12. The Labute approximate surface area is 161 Å². The molecule has 0 heterocycles. The number of ether oxygens (including phenoxy) is 1. The first-order chi connectivity index (χ1) is 10.9. The molecule has 0 spiro atoms. The lowest BCUT2D eigenvalue weighted by atomic mass is 10.1. The minimum atomic E-state index is -0.244. The van der Waals surface area contributed by atoms with Crippen molar-refractivity contribution in [1.82, 2.24) is 16.0 Å². The second-order valence-corrected chi connectivity index (χ2v) is 6.12. The standard InChI is InChI=1S/C17H28N4O2.HI/c1-6-23-14-10-8-7-9-13(14)11-19-16(18-5)20-12-15(22)21-17(2,3)4;/h7-10H,6,11-12H2,1-5H3,(H,21,22)(H2,18,19,20);1H. The van der Waals surface area contributed by atoms with E-state index in [1.165, 1.54) is 0 Å². The predicted molar refractivity (Wildman–Crippen MR) is 109 cm³/mol. The second kappa shape index (κ2) is 11.1. The average Bonchev–Trinajstić information content (AvgIpc) is 2.47. The number of hydrogen-bond acceptors (Lipinski definition) is 3. The van der Waals surface area contributed by atoms with Crippen LogP contribution in [0.2, 0.25) is 0 Å². The fraction of sp³-hybridized carbons (Fsp3) is 0.529. The van der Waals surface area contributed by atoms with Gasteiger partial charge in [-0.1, -0.05) is 18.2 Å². The molecule has 0 bridgehead atoms. The van der Waals surface area contributed by atoms with Crippen LogP contribution in [-0.2, 0) is 11.3 Å². The van der Waals surface area contributed by atoms with Gasteiger partial charge in [0.25, 0.3) is 0 Å². The van der Waals surface area contributed by atoms with Crippen LogP contribution < -0.4 is 20.7 Å². The Morgan fingerprint density at radius 1 is 1.21 bits per heavy atom. The third-order valence-corrected chi connectivity index (χ3v) is 2.87. The number of halogens is 1. The number of amides is 1. The molecule has 0 aliphatic rings. The molecule has 1 rings (SSSR count). The summed E-state index contributed by atoms with van der Waals surface area (Å²) < 4.78 is 5.59. The molecule has 7 heteroatoms. The highest BCUT2D eigenvalue weighted by atomic mass is 127. The van der Waals surface area contributed by atoms with Crippen molar-refractivity contribution < 1.29 is 9.53 Å². The van der Waals surface area contributed by atoms with Crippen LogP contribution in [0.5, 0.6) is 5.75 Å². The number of aliphatic imine (C=N–C) groups is 1. The maximum atomic E-state index is 11.8. The third-order valence-electron chi connectivity index (χ3n) is 2.87. The van der Waals surface area contributed by atoms with E-state index in [1.54, 1.807) is 7.05 Å². The molecule has 0 aromatic heterocycles. The SMILES string of the molecule is CCOc1ccccc1CNC(=NC)NCC(=O)NC(C)(C)C.I. The zero-order valence-corrected chi connectivity index (χ0v) is 17.4. The summed E-state index contributed by atoms with van der Waals surface area (Å²) in [6.45, 7) is 9.16. The van der Waals surface area contributed by atoms with Crippen LogP contribution in [0.3, 0.4) is 0 Å². The van der Waals surface area contributed by atoms with Crippen molar-refractivity contribution in [3.63, 3.8) is 0 Å². The van der Waals surface area contributed by atoms with Crippen LogP contribution >= 0.6 is 24.0 Å². The quantitative estimate of drug-likeness (QED) is 0.355. The monoisotopic (exact) mass is 448 g/mol. The molecule has 0 saturated heterocycles. The van der Waals surface area contributed by atoms with Gasteiger partial charge in [0.2, 0.25) is 5.91 Å². The number of carbonyl (C=O) groups is 1. The van der Waals surface area contributed by atoms with E-state index in [4.69, 9.17) is 4.74 Å². The maximum Gasteiger partial charge on any atom is 0.239 e. The van der Waals surface area contributed by atoms with Gasteiger partial charge in [-0.2, -0.15) is 0 Å². The molecule has 1 aromatic rings. The molecule has 0 aliphatic heterocycles. The molecule has 0 fully saturated rings. The van der Waals surface area contributed by atoms with E-state index < -0.39 is 0 Å². The Hall–Kier alpha value is -1.51. The fourth-order valence-corrected chi connectivity index (χ4v) is 1.97. The van der Waals surface area contributed by atoms with Crippen LogP contribution in [0.25, 0.3) is 0 Å². The summed E-state index contributed by atoms with van der Waals surface area (Å²) >= 11 is 0. The molecule has 6 nitrogen and oxygen atoms in total. The molecule has 0 saturated carbocycles. The van der Waals surface area contributed by atoms with Crippen LogP contribution in [0.4, 0.5) is 0 Å². The first kappa shape index (κ1) is 22.5. The van der Waals surface area contributed by atoms with Gasteiger partial charge >= 0.3 is 0 Å². The van der Waals surface area contributed by atoms with Crippen LogP contribution in [0, 0.1) is 0 Å². The van der Waals surface area contributed by atoms with E-state index in [1.807, 2.05) is 52.0 Å². The zero-order valence-electron chi connectivity index (χ0n) is 15.1. The van der Waals surface area contributed by atoms with Crippen LogP contribution in [-0.4, -0.2) is 37.6 Å². The molecular formula is C17H29IN4O2. The number of benzene rings is 1. The first-order valence-corrected chi connectivity index (χ1v) is 7.82. The summed E-state index contributed by atoms with van der Waals surface area (Å²) in [4.78, 5) is 15.9. The third kappa shape index (κ3) is 8.95. The molecule has 3 N–H and O–H groups in total. The van der Waals surface area contributed by atoms with E-state index in [0.717, 1.165) is 11.3 Å². The Morgan fingerprint density at radius 3 is 2.46 bits per heavy atom. The summed E-state index contributed by atoms with van der Waals surface area (Å²) in [5, 5.41) is 9.08. The van der Waals surface area contributed by atoms with Crippen molar-refractivity contribution in [2.75, 3.05) is 20.2 Å². The van der Waals surface area contributed by atoms with Crippen molar-refractivity contribution in [2.45, 2.75) is 39.8 Å². The van der Waals surface area contributed by atoms with Gasteiger partial charge in [-0.3, -0.25) is 9.79 Å². The van der Waals surface area contributed by atoms with Gasteiger partial charge in [-0.05, 0) is 33.8 Å². The van der Waals surface area contributed by atoms with E-state index >= 15 is 0 Å². The Balaban J connectivity index is 0.00000529. The van der Waals surface area contributed by atoms with Crippen molar-refractivity contribution in [1.29, 1.82) is 0 Å². The smallest absolute Gasteiger partial charge is 0.239 e. The van der Waals surface area contributed by atoms with Gasteiger partial charge in [-0.25, -0.2) is 0 Å². The number of guanidine groups is 1. The highest BCUT2D eigenvalue weighted by molar-refractivity contribution is 14.0. The summed E-state index contributed by atoms with van der Waals surface area (Å²) in [6.07, 6.45) is 0. The summed E-state index contributed by atoms with van der Waals surface area (Å²) in [5.41, 5.74) is 0.794. The molecular weight excluding hydrogens is 419 g/mol. The first-order valence-electron chi connectivity index (χ1n) is 7.82. The molecule has 136 valence electrons. The largest absolute Gasteiger partial charge is 0.494 e. The normalized spacial score (nSPS) is 11.3. The number of nitrogens with zero attached hydrogens (tertiary/aromatic N) is 1. The Morgan fingerprint density at radius 2 is 1.88 bits per heavy atom. The van der Waals surface area contributed by atoms with E-state index in [9.17, 15) is 4.79 Å². The minimum Gasteiger partial charge on any atom is -0.494 e. The number of rotatable bonds is 6. The van der Waals surface area contributed by atoms with Crippen molar-refractivity contribution >= 4 is 35.8 Å². The highest BCUT2D eigenvalue weighted by Gasteiger charge is 2.13. The van der Waals surface area contributed by atoms with E-state index in [-0.39, 0.29) is 42.0 Å². The molecule has 0 atom stereocenters. The van der Waals surface area contributed by atoms with Gasteiger partial charge in [0.15, 0.2) is 5.96 Å². The number of para-hydroxylation sites is 1.